The first kappa shape index (κ1) is 20.4. The van der Waals surface area contributed by atoms with Crippen LogP contribution in [0.1, 0.15) is 23.0 Å². The molecule has 0 saturated heterocycles. The van der Waals surface area contributed by atoms with E-state index in [4.69, 9.17) is 11.6 Å². The molecule has 5 nitrogen and oxygen atoms in total. The van der Waals surface area contributed by atoms with Gasteiger partial charge in [0.15, 0.2) is 0 Å². The summed E-state index contributed by atoms with van der Waals surface area (Å²) in [5, 5.41) is -0.213. The van der Waals surface area contributed by atoms with Crippen molar-refractivity contribution in [2.75, 3.05) is 0 Å². The minimum Gasteiger partial charge on any atom is -0.336 e. The summed E-state index contributed by atoms with van der Waals surface area (Å²) in [5.41, 5.74) is -0.804. The third-order valence-corrected chi connectivity index (χ3v) is 5.78. The van der Waals surface area contributed by atoms with Gasteiger partial charge < -0.3 is 4.57 Å². The van der Waals surface area contributed by atoms with Crippen LogP contribution in [0.3, 0.4) is 0 Å². The van der Waals surface area contributed by atoms with Crippen molar-refractivity contribution in [3.8, 4) is 0 Å². The van der Waals surface area contributed by atoms with E-state index in [1.54, 1.807) is 48.1 Å². The van der Waals surface area contributed by atoms with Crippen molar-refractivity contribution in [3.05, 3.63) is 82.9 Å². The molecule has 2 aromatic carbocycles. The van der Waals surface area contributed by atoms with E-state index in [0.717, 1.165) is 12.1 Å². The van der Waals surface area contributed by atoms with Gasteiger partial charge in [0.1, 0.15) is 11.9 Å². The van der Waals surface area contributed by atoms with E-state index in [1.807, 2.05) is 0 Å². The fraction of sp³-hybridized carbons (Fsp3) is 0.167. The highest BCUT2D eigenvalue weighted by molar-refractivity contribution is 7.89. The monoisotopic (exact) mass is 429 g/mol. The third-order valence-electron chi connectivity index (χ3n) is 4.06. The number of hydrogen-bond donors (Lipinski definition) is 1. The largest absolute Gasteiger partial charge is 0.417 e. The molecule has 1 heterocycles. The lowest BCUT2D eigenvalue weighted by molar-refractivity contribution is -0.139. The van der Waals surface area contributed by atoms with E-state index in [9.17, 15) is 21.6 Å². The Morgan fingerprint density at radius 3 is 2.39 bits per heavy atom. The molecule has 0 aliphatic rings. The van der Waals surface area contributed by atoms with Crippen molar-refractivity contribution < 1.29 is 21.6 Å². The number of nitrogens with one attached hydrogen (secondary N) is 1. The van der Waals surface area contributed by atoms with E-state index in [-0.39, 0.29) is 5.02 Å². The first-order valence-corrected chi connectivity index (χ1v) is 9.87. The molecule has 0 spiro atoms. The lowest BCUT2D eigenvalue weighted by atomic mass is 10.1. The van der Waals surface area contributed by atoms with E-state index in [0.29, 0.717) is 17.5 Å². The van der Waals surface area contributed by atoms with E-state index >= 15 is 0 Å². The summed E-state index contributed by atoms with van der Waals surface area (Å²) >= 11 is 5.65. The molecule has 0 aliphatic heterocycles. The fourth-order valence-corrected chi connectivity index (χ4v) is 4.31. The predicted molar refractivity (Wildman–Crippen MR) is 98.3 cm³/mol. The zero-order valence-electron chi connectivity index (χ0n) is 14.5. The molecular formula is C18H15ClF3N3O2S. The van der Waals surface area contributed by atoms with Crippen LogP contribution in [-0.4, -0.2) is 18.0 Å². The first-order valence-electron chi connectivity index (χ1n) is 8.01. The van der Waals surface area contributed by atoms with Gasteiger partial charge in [0, 0.05) is 24.5 Å². The highest BCUT2D eigenvalue weighted by atomic mass is 35.5. The second kappa shape index (κ2) is 7.57. The van der Waals surface area contributed by atoms with Crippen LogP contribution in [0.25, 0.3) is 0 Å². The number of alkyl halides is 3. The Morgan fingerprint density at radius 1 is 1.14 bits per heavy atom. The molecule has 0 bridgehead atoms. The highest BCUT2D eigenvalue weighted by Gasteiger charge is 2.38. The maximum Gasteiger partial charge on any atom is 0.417 e. The molecule has 3 rings (SSSR count). The molecule has 28 heavy (non-hydrogen) atoms. The molecule has 1 aromatic heterocycles. The molecule has 0 radical (unpaired) electrons. The molecule has 1 unspecified atom stereocenters. The number of imidazole rings is 1. The van der Waals surface area contributed by atoms with E-state index in [2.05, 4.69) is 9.71 Å². The van der Waals surface area contributed by atoms with Crippen molar-refractivity contribution >= 4 is 21.6 Å². The van der Waals surface area contributed by atoms with Crippen molar-refractivity contribution in [3.63, 3.8) is 0 Å². The topological polar surface area (TPSA) is 64.0 Å². The molecular weight excluding hydrogens is 415 g/mol. The van der Waals surface area contributed by atoms with Crippen LogP contribution < -0.4 is 4.72 Å². The molecule has 0 fully saturated rings. The van der Waals surface area contributed by atoms with Gasteiger partial charge in [-0.1, -0.05) is 41.9 Å². The molecule has 0 amide bonds. The normalized spacial score (nSPS) is 13.5. The highest BCUT2D eigenvalue weighted by Crippen LogP contribution is 2.36. The van der Waals surface area contributed by atoms with Crippen molar-refractivity contribution in [1.29, 1.82) is 0 Å². The van der Waals surface area contributed by atoms with Crippen molar-refractivity contribution in [1.82, 2.24) is 14.3 Å². The second-order valence-corrected chi connectivity index (χ2v) is 8.12. The number of aromatic nitrogens is 2. The number of nitrogens with zero attached hydrogens (tertiary/aromatic N) is 2. The van der Waals surface area contributed by atoms with Gasteiger partial charge in [-0.25, -0.2) is 13.4 Å². The van der Waals surface area contributed by atoms with Crippen molar-refractivity contribution in [2.24, 2.45) is 7.05 Å². The zero-order valence-corrected chi connectivity index (χ0v) is 16.1. The summed E-state index contributed by atoms with van der Waals surface area (Å²) in [7, 11) is -2.90. The van der Waals surface area contributed by atoms with Crippen molar-refractivity contribution in [2.45, 2.75) is 17.1 Å². The SMILES string of the molecule is Cn1ccnc1C(NS(=O)(=O)c1ccc(Cl)cc1C(F)(F)F)c1ccccc1. The Bertz CT molecular complexity index is 1080. The molecule has 1 N–H and O–H groups in total. The van der Waals surface area contributed by atoms with Crippen LogP contribution >= 0.6 is 11.6 Å². The molecule has 10 heteroatoms. The fourth-order valence-electron chi connectivity index (χ4n) is 2.75. The maximum atomic E-state index is 13.4. The average molecular weight is 430 g/mol. The average Bonchev–Trinajstić information content (AvgIpc) is 3.05. The van der Waals surface area contributed by atoms with Crippen LogP contribution in [0.4, 0.5) is 13.2 Å². The Morgan fingerprint density at radius 2 is 1.82 bits per heavy atom. The Balaban J connectivity index is 2.10. The minimum absolute atomic E-state index is 0.213. The standard InChI is InChI=1S/C18H15ClF3N3O2S/c1-25-10-9-23-17(25)16(12-5-3-2-4-6-12)24-28(26,27)15-8-7-13(19)11-14(15)18(20,21)22/h2-11,16,24H,1H3. The molecule has 3 aromatic rings. The summed E-state index contributed by atoms with van der Waals surface area (Å²) in [4.78, 5) is 3.25. The van der Waals surface area contributed by atoms with Gasteiger partial charge in [-0.3, -0.25) is 0 Å². The first-order chi connectivity index (χ1) is 13.1. The van der Waals surface area contributed by atoms with Gasteiger partial charge in [0.2, 0.25) is 10.0 Å². The lowest BCUT2D eigenvalue weighted by Gasteiger charge is -2.21. The smallest absolute Gasteiger partial charge is 0.336 e. The van der Waals surface area contributed by atoms with Gasteiger partial charge in [-0.05, 0) is 23.8 Å². The van der Waals surface area contributed by atoms with Gasteiger partial charge in [-0.15, -0.1) is 0 Å². The second-order valence-electron chi connectivity index (χ2n) is 6.00. The van der Waals surface area contributed by atoms with E-state index < -0.39 is 32.7 Å². The third kappa shape index (κ3) is 4.21. The van der Waals surface area contributed by atoms with Crippen LogP contribution in [0.5, 0.6) is 0 Å². The minimum atomic E-state index is -4.89. The predicted octanol–water partition coefficient (Wildman–Crippen LogP) is 4.16. The molecule has 0 saturated carbocycles. The summed E-state index contributed by atoms with van der Waals surface area (Å²) in [5.74, 6) is 0.331. The summed E-state index contributed by atoms with van der Waals surface area (Å²) in [6, 6.07) is 10.0. The van der Waals surface area contributed by atoms with Crippen LogP contribution in [-0.2, 0) is 23.2 Å². The number of halogens is 4. The number of sulfonamides is 1. The van der Waals surface area contributed by atoms with Crippen LogP contribution in [0.2, 0.25) is 5.02 Å². The van der Waals surface area contributed by atoms with Gasteiger partial charge in [0.05, 0.1) is 10.5 Å². The Kier molecular flexibility index (Phi) is 5.51. The Hall–Kier alpha value is -2.36. The number of hydrogen-bond acceptors (Lipinski definition) is 3. The van der Waals surface area contributed by atoms with Gasteiger partial charge >= 0.3 is 6.18 Å². The lowest BCUT2D eigenvalue weighted by Crippen LogP contribution is -2.32. The summed E-state index contributed by atoms with van der Waals surface area (Å²) in [6.45, 7) is 0. The van der Waals surface area contributed by atoms with Crippen LogP contribution in [0, 0.1) is 0 Å². The number of aryl methyl sites for hydroxylation is 1. The maximum absolute atomic E-state index is 13.4. The van der Waals surface area contributed by atoms with Crippen LogP contribution in [0.15, 0.2) is 65.8 Å². The zero-order chi connectivity index (χ0) is 20.5. The molecule has 1 atom stereocenters. The van der Waals surface area contributed by atoms with Gasteiger partial charge in [0.25, 0.3) is 0 Å². The summed E-state index contributed by atoms with van der Waals surface area (Å²) in [6.07, 6.45) is -1.80. The van der Waals surface area contributed by atoms with E-state index in [1.165, 1.54) is 6.20 Å². The Labute approximate surface area is 164 Å². The summed E-state index contributed by atoms with van der Waals surface area (Å²) < 4.78 is 69.9. The van der Waals surface area contributed by atoms with Gasteiger partial charge in [-0.2, -0.15) is 17.9 Å². The number of benzene rings is 2. The molecule has 0 aliphatic carbocycles. The quantitative estimate of drug-likeness (QED) is 0.662. The number of rotatable bonds is 5. The molecule has 148 valence electrons.